The van der Waals surface area contributed by atoms with E-state index in [-0.39, 0.29) is 10.8 Å². The lowest BCUT2D eigenvalue weighted by molar-refractivity contribution is 1.04. The van der Waals surface area contributed by atoms with Gasteiger partial charge in [0.05, 0.1) is 11.0 Å². The molecule has 0 aliphatic rings. The van der Waals surface area contributed by atoms with Crippen molar-refractivity contribution in [2.75, 3.05) is 0 Å². The Morgan fingerprint density at radius 3 is 2.94 bits per heavy atom. The number of aromatic amines is 1. The smallest absolute Gasteiger partial charge is 0.246 e. The van der Waals surface area contributed by atoms with Crippen molar-refractivity contribution >= 4 is 39.9 Å². The van der Waals surface area contributed by atoms with Crippen LogP contribution in [0.25, 0.3) is 16.7 Å². The lowest BCUT2D eigenvalue weighted by Gasteiger charge is -2.01. The summed E-state index contributed by atoms with van der Waals surface area (Å²) in [5.74, 6) is 0. The average Bonchev–Trinajstić information content (AvgIpc) is 2.63. The number of halogens is 2. The molecule has 0 spiro atoms. The van der Waals surface area contributed by atoms with E-state index in [0.29, 0.717) is 21.7 Å². The zero-order chi connectivity index (χ0) is 11.3. The second-order valence-corrected chi connectivity index (χ2v) is 4.02. The van der Waals surface area contributed by atoms with Gasteiger partial charge in [0.15, 0.2) is 10.8 Å². The number of H-pyrrole nitrogens is 1. The number of aromatic nitrogens is 4. The molecule has 0 aliphatic heterocycles. The van der Waals surface area contributed by atoms with E-state index in [1.54, 1.807) is 18.2 Å². The first kappa shape index (κ1) is 9.62. The van der Waals surface area contributed by atoms with Crippen LogP contribution in [0.2, 0.25) is 10.2 Å². The molecule has 0 unspecified atom stereocenters. The zero-order valence-corrected chi connectivity index (χ0v) is 9.25. The lowest BCUT2D eigenvalue weighted by Crippen LogP contribution is -2.10. The van der Waals surface area contributed by atoms with Crippen molar-refractivity contribution in [2.45, 2.75) is 0 Å². The van der Waals surface area contributed by atoms with Gasteiger partial charge in [0.1, 0.15) is 0 Å². The fourth-order valence-corrected chi connectivity index (χ4v) is 1.97. The van der Waals surface area contributed by atoms with Crippen molar-refractivity contribution in [2.24, 2.45) is 0 Å². The predicted octanol–water partition coefficient (Wildman–Crippen LogP) is 1.88. The lowest BCUT2D eigenvalue weighted by atomic mass is 10.3. The molecule has 7 heteroatoms. The van der Waals surface area contributed by atoms with E-state index in [1.807, 2.05) is 0 Å². The molecule has 3 aromatic rings. The van der Waals surface area contributed by atoms with Gasteiger partial charge < -0.3 is 0 Å². The predicted molar refractivity (Wildman–Crippen MR) is 61.1 cm³/mol. The molecule has 5 nitrogen and oxygen atoms in total. The van der Waals surface area contributed by atoms with Gasteiger partial charge in [-0.05, 0) is 18.2 Å². The molecule has 80 valence electrons. The van der Waals surface area contributed by atoms with Crippen molar-refractivity contribution < 1.29 is 0 Å². The second kappa shape index (κ2) is 3.20. The van der Waals surface area contributed by atoms with Crippen LogP contribution in [0.5, 0.6) is 0 Å². The third-order valence-electron chi connectivity index (χ3n) is 2.25. The summed E-state index contributed by atoms with van der Waals surface area (Å²) < 4.78 is 1.34. The monoisotopic (exact) mass is 254 g/mol. The van der Waals surface area contributed by atoms with E-state index in [2.05, 4.69) is 15.2 Å². The fourth-order valence-electron chi connectivity index (χ4n) is 1.58. The molecule has 0 radical (unpaired) electrons. The van der Waals surface area contributed by atoms with Gasteiger partial charge in [0.25, 0.3) is 0 Å². The topological polar surface area (TPSA) is 63.0 Å². The number of rotatable bonds is 0. The number of hydrogen-bond acceptors (Lipinski definition) is 3. The highest BCUT2D eigenvalue weighted by Crippen LogP contribution is 2.21. The Kier molecular flexibility index (Phi) is 1.92. The van der Waals surface area contributed by atoms with E-state index in [9.17, 15) is 4.79 Å². The normalized spacial score (nSPS) is 11.4. The zero-order valence-electron chi connectivity index (χ0n) is 7.74. The van der Waals surface area contributed by atoms with Gasteiger partial charge in [-0.3, -0.25) is 0 Å². The maximum Gasteiger partial charge on any atom is 0.348 e. The Balaban J connectivity index is 2.69. The van der Waals surface area contributed by atoms with Crippen LogP contribution < -0.4 is 5.69 Å². The first-order chi connectivity index (χ1) is 7.66. The van der Waals surface area contributed by atoms with Crippen LogP contribution in [-0.4, -0.2) is 19.6 Å². The SMILES string of the molecule is O=c1[nH]nc2c(Cl)nc3ccc(Cl)cc3n12. The maximum atomic E-state index is 11.6. The van der Waals surface area contributed by atoms with Crippen LogP contribution in [0, 0.1) is 0 Å². The number of nitrogens with zero attached hydrogens (tertiary/aromatic N) is 3. The van der Waals surface area contributed by atoms with Crippen LogP contribution in [0.1, 0.15) is 0 Å². The minimum Gasteiger partial charge on any atom is -0.246 e. The molecule has 0 atom stereocenters. The van der Waals surface area contributed by atoms with Gasteiger partial charge in [0, 0.05) is 5.02 Å². The van der Waals surface area contributed by atoms with Gasteiger partial charge in [-0.15, -0.1) is 5.10 Å². The van der Waals surface area contributed by atoms with Crippen LogP contribution in [0.3, 0.4) is 0 Å². The molecule has 0 saturated carbocycles. The highest BCUT2D eigenvalue weighted by Gasteiger charge is 2.10. The molecule has 16 heavy (non-hydrogen) atoms. The summed E-state index contributed by atoms with van der Waals surface area (Å²) in [7, 11) is 0. The Bertz CT molecular complexity index is 761. The summed E-state index contributed by atoms with van der Waals surface area (Å²) in [5.41, 5.74) is 1.09. The van der Waals surface area contributed by atoms with Crippen LogP contribution >= 0.6 is 23.2 Å². The molecule has 0 aliphatic carbocycles. The van der Waals surface area contributed by atoms with Crippen LogP contribution in [0.15, 0.2) is 23.0 Å². The number of benzene rings is 1. The van der Waals surface area contributed by atoms with Gasteiger partial charge in [-0.2, -0.15) is 0 Å². The Morgan fingerprint density at radius 1 is 1.31 bits per heavy atom. The third-order valence-corrected chi connectivity index (χ3v) is 2.74. The first-order valence-electron chi connectivity index (χ1n) is 4.39. The summed E-state index contributed by atoms with van der Waals surface area (Å²) in [4.78, 5) is 15.7. The second-order valence-electron chi connectivity index (χ2n) is 3.22. The van der Waals surface area contributed by atoms with E-state index >= 15 is 0 Å². The van der Waals surface area contributed by atoms with Gasteiger partial charge in [-0.25, -0.2) is 19.3 Å². The van der Waals surface area contributed by atoms with E-state index in [4.69, 9.17) is 23.2 Å². The number of hydrogen-bond donors (Lipinski definition) is 1. The quantitative estimate of drug-likeness (QED) is 0.667. The van der Waals surface area contributed by atoms with Crippen LogP contribution in [0.4, 0.5) is 0 Å². The molecular weight excluding hydrogens is 251 g/mol. The fraction of sp³-hybridized carbons (Fsp3) is 0. The van der Waals surface area contributed by atoms with Crippen molar-refractivity contribution in [3.05, 3.63) is 38.9 Å². The molecule has 2 aromatic heterocycles. The van der Waals surface area contributed by atoms with E-state index in [0.717, 1.165) is 0 Å². The minimum absolute atomic E-state index is 0.174. The molecule has 1 aromatic carbocycles. The molecule has 0 saturated heterocycles. The maximum absolute atomic E-state index is 11.6. The van der Waals surface area contributed by atoms with Crippen LogP contribution in [-0.2, 0) is 0 Å². The first-order valence-corrected chi connectivity index (χ1v) is 5.14. The van der Waals surface area contributed by atoms with Gasteiger partial charge in [-0.1, -0.05) is 23.2 Å². The Hall–Kier alpha value is -1.59. The van der Waals surface area contributed by atoms with Crippen molar-refractivity contribution in [3.8, 4) is 0 Å². The molecule has 1 N–H and O–H groups in total. The summed E-state index contributed by atoms with van der Waals surface area (Å²) in [6.07, 6.45) is 0. The summed E-state index contributed by atoms with van der Waals surface area (Å²) in [6, 6.07) is 5.02. The van der Waals surface area contributed by atoms with E-state index < -0.39 is 0 Å². The largest absolute Gasteiger partial charge is 0.348 e. The molecule has 0 fully saturated rings. The molecule has 2 heterocycles. The van der Waals surface area contributed by atoms with Gasteiger partial charge in [0.2, 0.25) is 0 Å². The molecular formula is C9H4Cl2N4O. The molecule has 3 rings (SSSR count). The van der Waals surface area contributed by atoms with E-state index in [1.165, 1.54) is 4.40 Å². The summed E-state index contributed by atoms with van der Waals surface area (Å²) in [6.45, 7) is 0. The molecule has 0 bridgehead atoms. The van der Waals surface area contributed by atoms with Crippen molar-refractivity contribution in [3.63, 3.8) is 0 Å². The Labute approximate surface area is 98.6 Å². The number of fused-ring (bicyclic) bond motifs is 3. The average molecular weight is 255 g/mol. The van der Waals surface area contributed by atoms with Crippen molar-refractivity contribution in [1.82, 2.24) is 19.6 Å². The highest BCUT2D eigenvalue weighted by molar-refractivity contribution is 6.33. The third kappa shape index (κ3) is 1.22. The molecule has 0 amide bonds. The summed E-state index contributed by atoms with van der Waals surface area (Å²) >= 11 is 11.8. The minimum atomic E-state index is -0.369. The summed E-state index contributed by atoms with van der Waals surface area (Å²) in [5, 5.41) is 6.80. The van der Waals surface area contributed by atoms with Crippen molar-refractivity contribution in [1.29, 1.82) is 0 Å². The standard InChI is InChI=1S/C9H4Cl2N4O/c10-4-1-2-5-6(3-4)15-8(7(11)12-5)13-14-9(15)16/h1-3H,(H,14,16). The van der Waals surface area contributed by atoms with Gasteiger partial charge >= 0.3 is 5.69 Å². The number of nitrogens with one attached hydrogen (secondary N) is 1. The highest BCUT2D eigenvalue weighted by atomic mass is 35.5. The Morgan fingerprint density at radius 2 is 2.12 bits per heavy atom.